The van der Waals surface area contributed by atoms with Gasteiger partial charge in [-0.2, -0.15) is 0 Å². The van der Waals surface area contributed by atoms with Crippen LogP contribution in [-0.2, 0) is 12.3 Å². The van der Waals surface area contributed by atoms with Crippen molar-refractivity contribution >= 4 is 11.8 Å². The predicted octanol–water partition coefficient (Wildman–Crippen LogP) is 5.11. The van der Waals surface area contributed by atoms with Gasteiger partial charge >= 0.3 is 0 Å². The summed E-state index contributed by atoms with van der Waals surface area (Å²) >= 11 is 1.78. The summed E-state index contributed by atoms with van der Waals surface area (Å²) in [5, 5.41) is 10.0. The molecule has 0 bridgehead atoms. The van der Waals surface area contributed by atoms with Crippen molar-refractivity contribution in [2.75, 3.05) is 0 Å². The molecule has 1 fully saturated rings. The number of aryl methyl sites for hydroxylation is 1. The molecule has 0 radical (unpaired) electrons. The van der Waals surface area contributed by atoms with Crippen LogP contribution in [0.25, 0.3) is 0 Å². The Morgan fingerprint density at radius 1 is 1.22 bits per heavy atom. The highest BCUT2D eigenvalue weighted by atomic mass is 32.2. The second kappa shape index (κ2) is 7.82. The quantitative estimate of drug-likeness (QED) is 0.545. The third-order valence-electron chi connectivity index (χ3n) is 4.65. The first-order valence-corrected chi connectivity index (χ1v) is 9.49. The molecular weight excluding hydrogens is 302 g/mol. The number of hydrogen-bond acceptors (Lipinski definition) is 3. The molecule has 0 saturated heterocycles. The van der Waals surface area contributed by atoms with E-state index in [1.807, 2.05) is 6.08 Å². The van der Waals surface area contributed by atoms with E-state index in [0.717, 1.165) is 23.3 Å². The second-order valence-corrected chi connectivity index (χ2v) is 7.23. The van der Waals surface area contributed by atoms with Crippen LogP contribution in [0.1, 0.15) is 55.0 Å². The number of aromatic nitrogens is 3. The molecule has 4 heteroatoms. The molecule has 0 amide bonds. The van der Waals surface area contributed by atoms with E-state index in [9.17, 15) is 0 Å². The molecule has 2 aromatic rings. The van der Waals surface area contributed by atoms with Crippen LogP contribution < -0.4 is 0 Å². The van der Waals surface area contributed by atoms with Crippen molar-refractivity contribution in [2.45, 2.75) is 62.4 Å². The van der Waals surface area contributed by atoms with E-state index in [1.54, 1.807) is 11.8 Å². The summed E-state index contributed by atoms with van der Waals surface area (Å²) in [5.74, 6) is 2.67. The highest BCUT2D eigenvalue weighted by Crippen LogP contribution is 2.33. The van der Waals surface area contributed by atoms with Crippen molar-refractivity contribution in [2.24, 2.45) is 0 Å². The topological polar surface area (TPSA) is 30.7 Å². The van der Waals surface area contributed by atoms with Crippen LogP contribution in [0.4, 0.5) is 0 Å². The van der Waals surface area contributed by atoms with Crippen molar-refractivity contribution in [1.82, 2.24) is 14.8 Å². The van der Waals surface area contributed by atoms with Crippen molar-refractivity contribution < 1.29 is 0 Å². The molecular formula is C19H25N3S. The van der Waals surface area contributed by atoms with Crippen molar-refractivity contribution in [1.29, 1.82) is 0 Å². The van der Waals surface area contributed by atoms with Gasteiger partial charge in [-0.3, -0.25) is 0 Å². The van der Waals surface area contributed by atoms with Gasteiger partial charge in [0.2, 0.25) is 0 Å². The van der Waals surface area contributed by atoms with Crippen LogP contribution in [0, 0.1) is 6.92 Å². The van der Waals surface area contributed by atoms with Crippen molar-refractivity contribution in [3.05, 3.63) is 53.9 Å². The minimum atomic E-state index is 0.573. The van der Waals surface area contributed by atoms with Crippen LogP contribution in [-0.4, -0.2) is 14.8 Å². The lowest BCUT2D eigenvalue weighted by Crippen LogP contribution is -2.12. The lowest BCUT2D eigenvalue weighted by Gasteiger charge is -2.21. The Morgan fingerprint density at radius 2 is 2.00 bits per heavy atom. The molecule has 1 aromatic heterocycles. The van der Waals surface area contributed by atoms with Gasteiger partial charge < -0.3 is 4.57 Å². The average molecular weight is 327 g/mol. The van der Waals surface area contributed by atoms with Gasteiger partial charge in [0.1, 0.15) is 5.82 Å². The van der Waals surface area contributed by atoms with Gasteiger partial charge in [0.05, 0.1) is 0 Å². The maximum absolute atomic E-state index is 4.54. The molecule has 23 heavy (non-hydrogen) atoms. The van der Waals surface area contributed by atoms with Gasteiger partial charge in [-0.05, 0) is 30.9 Å². The lowest BCUT2D eigenvalue weighted by atomic mass is 9.89. The summed E-state index contributed by atoms with van der Waals surface area (Å²) in [6.45, 7) is 6.87. The van der Waals surface area contributed by atoms with Crippen molar-refractivity contribution in [3.63, 3.8) is 0 Å². The SMILES string of the molecule is C=CCn1c(SCc2ccccc2C)nnc1C1CCCCC1. The monoisotopic (exact) mass is 327 g/mol. The van der Waals surface area contributed by atoms with Gasteiger partial charge in [0, 0.05) is 18.2 Å². The van der Waals surface area contributed by atoms with E-state index in [-0.39, 0.29) is 0 Å². The Bertz CT molecular complexity index is 656. The molecule has 3 rings (SSSR count). The first kappa shape index (κ1) is 16.3. The summed E-state index contributed by atoms with van der Waals surface area (Å²) < 4.78 is 2.27. The Kier molecular flexibility index (Phi) is 5.55. The summed E-state index contributed by atoms with van der Waals surface area (Å²) in [4.78, 5) is 0. The fourth-order valence-electron chi connectivity index (χ4n) is 3.28. The fraction of sp³-hybridized carbons (Fsp3) is 0.474. The smallest absolute Gasteiger partial charge is 0.191 e. The van der Waals surface area contributed by atoms with Crippen LogP contribution >= 0.6 is 11.8 Å². The van der Waals surface area contributed by atoms with Gasteiger partial charge in [-0.1, -0.05) is 61.4 Å². The van der Waals surface area contributed by atoms with E-state index in [1.165, 1.54) is 43.2 Å². The number of hydrogen-bond donors (Lipinski definition) is 0. The molecule has 0 spiro atoms. The number of allylic oxidation sites excluding steroid dienone is 1. The van der Waals surface area contributed by atoms with Crippen molar-refractivity contribution in [3.8, 4) is 0 Å². The lowest BCUT2D eigenvalue weighted by molar-refractivity contribution is 0.415. The third-order valence-corrected chi connectivity index (χ3v) is 5.66. The Morgan fingerprint density at radius 3 is 2.74 bits per heavy atom. The zero-order valence-corrected chi connectivity index (χ0v) is 14.7. The maximum atomic E-state index is 4.54. The highest BCUT2D eigenvalue weighted by molar-refractivity contribution is 7.98. The largest absolute Gasteiger partial charge is 0.302 e. The van der Waals surface area contributed by atoms with Crippen LogP contribution in [0.3, 0.4) is 0 Å². The zero-order chi connectivity index (χ0) is 16.1. The molecule has 122 valence electrons. The summed E-state index contributed by atoms with van der Waals surface area (Å²) in [5.41, 5.74) is 2.70. The number of rotatable bonds is 6. The van der Waals surface area contributed by atoms with Gasteiger partial charge in [0.25, 0.3) is 0 Å². The summed E-state index contributed by atoms with van der Waals surface area (Å²) in [6.07, 6.45) is 8.44. The maximum Gasteiger partial charge on any atom is 0.191 e. The van der Waals surface area contributed by atoms with E-state index >= 15 is 0 Å². The number of benzene rings is 1. The van der Waals surface area contributed by atoms with Crippen LogP contribution in [0.15, 0.2) is 42.1 Å². The Balaban J connectivity index is 1.77. The van der Waals surface area contributed by atoms with E-state index in [4.69, 9.17) is 0 Å². The highest BCUT2D eigenvalue weighted by Gasteiger charge is 2.23. The number of thioether (sulfide) groups is 1. The third kappa shape index (κ3) is 3.86. The first-order valence-electron chi connectivity index (χ1n) is 8.51. The normalized spacial score (nSPS) is 15.7. The summed E-state index contributed by atoms with van der Waals surface area (Å²) in [7, 11) is 0. The average Bonchev–Trinajstić information content (AvgIpc) is 2.98. The van der Waals surface area contributed by atoms with E-state index < -0.39 is 0 Å². The van der Waals surface area contributed by atoms with E-state index in [2.05, 4.69) is 52.5 Å². The predicted molar refractivity (Wildman–Crippen MR) is 96.8 cm³/mol. The van der Waals surface area contributed by atoms with Gasteiger partial charge in [0.15, 0.2) is 5.16 Å². The van der Waals surface area contributed by atoms with E-state index in [0.29, 0.717) is 5.92 Å². The molecule has 0 aliphatic heterocycles. The molecule has 1 saturated carbocycles. The Hall–Kier alpha value is -1.55. The molecule has 1 aromatic carbocycles. The minimum Gasteiger partial charge on any atom is -0.302 e. The van der Waals surface area contributed by atoms with Crippen LogP contribution in [0.5, 0.6) is 0 Å². The zero-order valence-electron chi connectivity index (χ0n) is 13.9. The molecule has 3 nitrogen and oxygen atoms in total. The number of nitrogens with zero attached hydrogens (tertiary/aromatic N) is 3. The molecule has 0 unspecified atom stereocenters. The summed E-state index contributed by atoms with van der Waals surface area (Å²) in [6, 6.07) is 8.55. The molecule has 0 atom stereocenters. The second-order valence-electron chi connectivity index (χ2n) is 6.29. The minimum absolute atomic E-state index is 0.573. The standard InChI is InChI=1S/C19H25N3S/c1-3-13-22-18(16-10-5-4-6-11-16)20-21-19(22)23-14-17-12-8-7-9-15(17)2/h3,7-9,12,16H,1,4-6,10-11,13-14H2,2H3. The first-order chi connectivity index (χ1) is 11.3. The van der Waals surface area contributed by atoms with Gasteiger partial charge in [-0.15, -0.1) is 16.8 Å². The molecule has 0 N–H and O–H groups in total. The molecule has 1 aliphatic carbocycles. The molecule has 1 heterocycles. The Labute approximate surface area is 143 Å². The van der Waals surface area contributed by atoms with Gasteiger partial charge in [-0.25, -0.2) is 0 Å². The fourth-order valence-corrected chi connectivity index (χ4v) is 4.32. The van der Waals surface area contributed by atoms with Crippen LogP contribution in [0.2, 0.25) is 0 Å². The molecule has 1 aliphatic rings.